The number of nitrogens with zero attached hydrogens (tertiary/aromatic N) is 2. The van der Waals surface area contributed by atoms with Crippen molar-refractivity contribution in [2.45, 2.75) is 6.29 Å². The molecule has 0 aliphatic rings. The first kappa shape index (κ1) is 14.8. The van der Waals surface area contributed by atoms with E-state index in [0.29, 0.717) is 0 Å². The summed E-state index contributed by atoms with van der Waals surface area (Å²) in [4.78, 5) is 20.0. The van der Waals surface area contributed by atoms with Crippen LogP contribution in [-0.4, -0.2) is 36.9 Å². The van der Waals surface area contributed by atoms with Crippen molar-refractivity contribution in [3.8, 4) is 0 Å². The summed E-state index contributed by atoms with van der Waals surface area (Å²) in [5.74, 6) is 0. The Hall–Kier alpha value is -2.26. The molecular formula is C10H13N3O6. The SMILES string of the molecule is COC(CNc1ccc([N+](=O)[O-])cc1[N+](=O)[O-])OC. The highest BCUT2D eigenvalue weighted by molar-refractivity contribution is 5.65. The van der Waals surface area contributed by atoms with Crippen molar-refractivity contribution >= 4 is 17.1 Å². The first-order chi connectivity index (χ1) is 8.99. The summed E-state index contributed by atoms with van der Waals surface area (Å²) < 4.78 is 9.84. The van der Waals surface area contributed by atoms with Crippen molar-refractivity contribution in [2.75, 3.05) is 26.1 Å². The number of non-ortho nitro benzene ring substituents is 1. The number of nitrogens with one attached hydrogen (secondary N) is 1. The van der Waals surface area contributed by atoms with Gasteiger partial charge in [-0.3, -0.25) is 20.2 Å². The number of hydrogen-bond acceptors (Lipinski definition) is 7. The van der Waals surface area contributed by atoms with Crippen molar-refractivity contribution in [2.24, 2.45) is 0 Å². The van der Waals surface area contributed by atoms with Crippen LogP contribution < -0.4 is 5.32 Å². The van der Waals surface area contributed by atoms with Gasteiger partial charge in [0.2, 0.25) is 0 Å². The Morgan fingerprint density at radius 2 is 1.84 bits per heavy atom. The Bertz CT molecular complexity index is 474. The molecule has 19 heavy (non-hydrogen) atoms. The molecule has 0 aliphatic heterocycles. The summed E-state index contributed by atoms with van der Waals surface area (Å²) in [6.45, 7) is 0.172. The standard InChI is InChI=1S/C10H13N3O6/c1-18-10(19-2)6-11-8-4-3-7(12(14)15)5-9(8)13(16)17/h3-5,10-11H,6H2,1-2H3. The molecule has 0 atom stereocenters. The third-order valence-electron chi connectivity index (χ3n) is 2.37. The summed E-state index contributed by atoms with van der Waals surface area (Å²) >= 11 is 0. The van der Waals surface area contributed by atoms with Crippen LogP contribution in [0.4, 0.5) is 17.1 Å². The zero-order valence-electron chi connectivity index (χ0n) is 10.4. The van der Waals surface area contributed by atoms with Gasteiger partial charge in [-0.2, -0.15) is 0 Å². The zero-order valence-corrected chi connectivity index (χ0v) is 10.4. The van der Waals surface area contributed by atoms with E-state index in [2.05, 4.69) is 5.32 Å². The number of benzene rings is 1. The van der Waals surface area contributed by atoms with E-state index in [9.17, 15) is 20.2 Å². The van der Waals surface area contributed by atoms with Gasteiger partial charge in [0, 0.05) is 20.3 Å². The van der Waals surface area contributed by atoms with E-state index in [1.807, 2.05) is 0 Å². The quantitative estimate of drug-likeness (QED) is 0.454. The van der Waals surface area contributed by atoms with Crippen LogP contribution in [0.5, 0.6) is 0 Å². The topological polar surface area (TPSA) is 117 Å². The van der Waals surface area contributed by atoms with E-state index < -0.39 is 16.1 Å². The molecular weight excluding hydrogens is 258 g/mol. The second kappa shape index (κ2) is 6.61. The molecule has 0 unspecified atom stereocenters. The molecule has 1 N–H and O–H groups in total. The van der Waals surface area contributed by atoms with E-state index in [-0.39, 0.29) is 23.6 Å². The number of ether oxygens (including phenoxy) is 2. The van der Waals surface area contributed by atoms with Gasteiger partial charge in [0.15, 0.2) is 6.29 Å². The van der Waals surface area contributed by atoms with Crippen LogP contribution >= 0.6 is 0 Å². The van der Waals surface area contributed by atoms with Crippen molar-refractivity contribution in [1.82, 2.24) is 0 Å². The fraction of sp³-hybridized carbons (Fsp3) is 0.400. The Morgan fingerprint density at radius 3 is 2.32 bits per heavy atom. The molecule has 0 aromatic heterocycles. The van der Waals surface area contributed by atoms with Crippen LogP contribution in [0, 0.1) is 20.2 Å². The molecule has 0 heterocycles. The highest BCUT2D eigenvalue weighted by Gasteiger charge is 2.19. The molecule has 1 aromatic rings. The lowest BCUT2D eigenvalue weighted by Gasteiger charge is -2.14. The number of rotatable bonds is 7. The average molecular weight is 271 g/mol. The lowest BCUT2D eigenvalue weighted by Crippen LogP contribution is -2.23. The van der Waals surface area contributed by atoms with E-state index in [1.165, 1.54) is 26.4 Å². The maximum Gasteiger partial charge on any atom is 0.299 e. The maximum atomic E-state index is 10.9. The fourth-order valence-corrected chi connectivity index (χ4v) is 1.39. The van der Waals surface area contributed by atoms with Gasteiger partial charge in [-0.25, -0.2) is 0 Å². The van der Waals surface area contributed by atoms with Crippen LogP contribution in [0.25, 0.3) is 0 Å². The predicted molar refractivity (Wildman–Crippen MR) is 66.0 cm³/mol. The molecule has 9 heteroatoms. The molecule has 1 aromatic carbocycles. The van der Waals surface area contributed by atoms with Gasteiger partial charge in [0.25, 0.3) is 11.4 Å². The molecule has 104 valence electrons. The summed E-state index contributed by atoms with van der Waals surface area (Å²) in [6, 6.07) is 3.36. The summed E-state index contributed by atoms with van der Waals surface area (Å²) in [5.41, 5.74) is -0.554. The fourth-order valence-electron chi connectivity index (χ4n) is 1.39. The number of nitro groups is 2. The van der Waals surface area contributed by atoms with Crippen LogP contribution in [0.1, 0.15) is 0 Å². The minimum absolute atomic E-state index is 0.162. The van der Waals surface area contributed by atoms with Gasteiger partial charge >= 0.3 is 0 Å². The lowest BCUT2D eigenvalue weighted by molar-refractivity contribution is -0.393. The first-order valence-electron chi connectivity index (χ1n) is 5.22. The van der Waals surface area contributed by atoms with Gasteiger partial charge in [-0.15, -0.1) is 0 Å². The molecule has 9 nitrogen and oxygen atoms in total. The van der Waals surface area contributed by atoms with Gasteiger partial charge < -0.3 is 14.8 Å². The van der Waals surface area contributed by atoms with Gasteiger partial charge in [-0.05, 0) is 6.07 Å². The Morgan fingerprint density at radius 1 is 1.21 bits per heavy atom. The number of anilines is 1. The molecule has 0 radical (unpaired) electrons. The second-order valence-corrected chi connectivity index (χ2v) is 3.50. The van der Waals surface area contributed by atoms with Gasteiger partial charge in [0.05, 0.1) is 22.5 Å². The van der Waals surface area contributed by atoms with Crippen molar-refractivity contribution in [3.63, 3.8) is 0 Å². The summed E-state index contributed by atoms with van der Waals surface area (Å²) in [7, 11) is 2.86. The second-order valence-electron chi connectivity index (χ2n) is 3.50. The molecule has 0 spiro atoms. The molecule has 0 saturated carbocycles. The van der Waals surface area contributed by atoms with E-state index in [0.717, 1.165) is 6.07 Å². The number of hydrogen-bond donors (Lipinski definition) is 1. The normalized spacial score (nSPS) is 10.5. The molecule has 0 amide bonds. The van der Waals surface area contributed by atoms with E-state index in [4.69, 9.17) is 9.47 Å². The highest BCUT2D eigenvalue weighted by atomic mass is 16.7. The Balaban J connectivity index is 2.94. The lowest BCUT2D eigenvalue weighted by atomic mass is 10.2. The molecule has 0 aliphatic carbocycles. The summed E-state index contributed by atoms with van der Waals surface area (Å²) in [5, 5.41) is 24.2. The molecule has 1 rings (SSSR count). The van der Waals surface area contributed by atoms with Crippen LogP contribution in [-0.2, 0) is 9.47 Å². The predicted octanol–water partition coefficient (Wildman–Crippen LogP) is 1.53. The Kier molecular flexibility index (Phi) is 5.15. The van der Waals surface area contributed by atoms with Crippen LogP contribution in [0.15, 0.2) is 18.2 Å². The van der Waals surface area contributed by atoms with Crippen LogP contribution in [0.2, 0.25) is 0 Å². The molecule has 0 fully saturated rings. The number of methoxy groups -OCH3 is 2. The zero-order chi connectivity index (χ0) is 14.4. The van der Waals surface area contributed by atoms with E-state index in [1.54, 1.807) is 0 Å². The third-order valence-corrected chi connectivity index (χ3v) is 2.37. The monoisotopic (exact) mass is 271 g/mol. The maximum absolute atomic E-state index is 10.9. The van der Waals surface area contributed by atoms with Gasteiger partial charge in [0.1, 0.15) is 5.69 Å². The first-order valence-corrected chi connectivity index (χ1v) is 5.22. The largest absolute Gasteiger partial charge is 0.374 e. The van der Waals surface area contributed by atoms with Crippen molar-refractivity contribution < 1.29 is 19.3 Å². The average Bonchev–Trinajstić information content (AvgIpc) is 2.39. The minimum atomic E-state index is -0.691. The van der Waals surface area contributed by atoms with E-state index >= 15 is 0 Å². The highest BCUT2D eigenvalue weighted by Crippen LogP contribution is 2.28. The Labute approximate surface area is 108 Å². The van der Waals surface area contributed by atoms with Crippen molar-refractivity contribution in [1.29, 1.82) is 0 Å². The molecule has 0 bridgehead atoms. The molecule has 0 saturated heterocycles. The smallest absolute Gasteiger partial charge is 0.299 e. The summed E-state index contributed by atoms with van der Waals surface area (Å²) in [6.07, 6.45) is -0.574. The van der Waals surface area contributed by atoms with Crippen LogP contribution in [0.3, 0.4) is 0 Å². The minimum Gasteiger partial charge on any atom is -0.374 e. The van der Waals surface area contributed by atoms with Gasteiger partial charge in [-0.1, -0.05) is 0 Å². The number of nitro benzene ring substituents is 2. The van der Waals surface area contributed by atoms with Crippen molar-refractivity contribution in [3.05, 3.63) is 38.4 Å². The third kappa shape index (κ3) is 3.86.